The average molecular weight is 286 g/mol. The van der Waals surface area contributed by atoms with Crippen molar-refractivity contribution in [2.24, 2.45) is 0 Å². The standard InChI is InChI=1S/C14H19FO5/c1-10(16)13-4-3-11(15)7-14(13)20-9-12(17)8-19-6-5-18-2/h3-4,7,12,17H,5-6,8-9H2,1-2H3. The lowest BCUT2D eigenvalue weighted by molar-refractivity contribution is -0.00433. The van der Waals surface area contributed by atoms with E-state index in [4.69, 9.17) is 14.2 Å². The Hall–Kier alpha value is -1.50. The van der Waals surface area contributed by atoms with Crippen LogP contribution >= 0.6 is 0 Å². The Morgan fingerprint density at radius 3 is 2.75 bits per heavy atom. The molecule has 6 heteroatoms. The highest BCUT2D eigenvalue weighted by Crippen LogP contribution is 2.20. The molecule has 0 saturated carbocycles. The van der Waals surface area contributed by atoms with Crippen molar-refractivity contribution in [1.29, 1.82) is 0 Å². The Morgan fingerprint density at radius 1 is 1.35 bits per heavy atom. The lowest BCUT2D eigenvalue weighted by Gasteiger charge is -2.14. The predicted octanol–water partition coefficient (Wildman–Crippen LogP) is 1.43. The predicted molar refractivity (Wildman–Crippen MR) is 70.6 cm³/mol. The van der Waals surface area contributed by atoms with Gasteiger partial charge in [0.2, 0.25) is 0 Å². The molecule has 0 aliphatic heterocycles. The summed E-state index contributed by atoms with van der Waals surface area (Å²) >= 11 is 0. The van der Waals surface area contributed by atoms with Crippen molar-refractivity contribution in [3.05, 3.63) is 29.6 Å². The Bertz CT molecular complexity index is 436. The van der Waals surface area contributed by atoms with Crippen molar-refractivity contribution in [1.82, 2.24) is 0 Å². The Kier molecular flexibility index (Phi) is 7.14. The third-order valence-corrected chi connectivity index (χ3v) is 2.50. The van der Waals surface area contributed by atoms with Crippen LogP contribution in [0.5, 0.6) is 5.75 Å². The summed E-state index contributed by atoms with van der Waals surface area (Å²) < 4.78 is 28.3. The quantitative estimate of drug-likeness (QED) is 0.549. The van der Waals surface area contributed by atoms with E-state index in [-0.39, 0.29) is 30.3 Å². The van der Waals surface area contributed by atoms with E-state index in [0.717, 1.165) is 6.07 Å². The number of aliphatic hydroxyl groups excluding tert-OH is 1. The molecule has 1 rings (SSSR count). The topological polar surface area (TPSA) is 65.0 Å². The Morgan fingerprint density at radius 2 is 2.10 bits per heavy atom. The smallest absolute Gasteiger partial charge is 0.163 e. The minimum atomic E-state index is -0.866. The van der Waals surface area contributed by atoms with Gasteiger partial charge in [-0.15, -0.1) is 0 Å². The zero-order chi connectivity index (χ0) is 15.0. The largest absolute Gasteiger partial charge is 0.490 e. The molecule has 1 aromatic rings. The maximum atomic E-state index is 13.1. The normalized spacial score (nSPS) is 12.2. The van der Waals surface area contributed by atoms with Gasteiger partial charge in [-0.25, -0.2) is 4.39 Å². The molecule has 1 N–H and O–H groups in total. The van der Waals surface area contributed by atoms with E-state index in [9.17, 15) is 14.3 Å². The lowest BCUT2D eigenvalue weighted by Crippen LogP contribution is -2.24. The van der Waals surface area contributed by atoms with Crippen LogP contribution in [0.3, 0.4) is 0 Å². The number of ether oxygens (including phenoxy) is 3. The zero-order valence-corrected chi connectivity index (χ0v) is 11.6. The van der Waals surface area contributed by atoms with E-state index < -0.39 is 11.9 Å². The molecule has 0 fully saturated rings. The summed E-state index contributed by atoms with van der Waals surface area (Å²) in [7, 11) is 1.55. The van der Waals surface area contributed by atoms with Gasteiger partial charge in [0.05, 0.1) is 25.4 Å². The van der Waals surface area contributed by atoms with Gasteiger partial charge in [-0.1, -0.05) is 0 Å². The summed E-state index contributed by atoms with van der Waals surface area (Å²) in [6.45, 7) is 2.16. The minimum Gasteiger partial charge on any atom is -0.490 e. The highest BCUT2D eigenvalue weighted by molar-refractivity contribution is 5.96. The fraction of sp³-hybridized carbons (Fsp3) is 0.500. The summed E-state index contributed by atoms with van der Waals surface area (Å²) in [6, 6.07) is 3.66. The van der Waals surface area contributed by atoms with Crippen LogP contribution in [-0.4, -0.2) is 50.5 Å². The van der Waals surface area contributed by atoms with Crippen LogP contribution < -0.4 is 4.74 Å². The molecule has 0 aliphatic carbocycles. The molecule has 0 amide bonds. The van der Waals surface area contributed by atoms with Gasteiger partial charge in [0, 0.05) is 13.2 Å². The van der Waals surface area contributed by atoms with Gasteiger partial charge in [0.1, 0.15) is 24.3 Å². The van der Waals surface area contributed by atoms with Crippen molar-refractivity contribution < 1.29 is 28.5 Å². The first-order valence-electron chi connectivity index (χ1n) is 6.22. The van der Waals surface area contributed by atoms with E-state index in [0.29, 0.717) is 13.2 Å². The number of methoxy groups -OCH3 is 1. The van der Waals surface area contributed by atoms with Gasteiger partial charge in [-0.05, 0) is 19.1 Å². The van der Waals surface area contributed by atoms with E-state index in [2.05, 4.69) is 0 Å². The monoisotopic (exact) mass is 286 g/mol. The van der Waals surface area contributed by atoms with E-state index in [1.165, 1.54) is 19.1 Å². The fourth-order valence-corrected chi connectivity index (χ4v) is 1.50. The van der Waals surface area contributed by atoms with E-state index >= 15 is 0 Å². The molecular weight excluding hydrogens is 267 g/mol. The molecule has 20 heavy (non-hydrogen) atoms. The molecule has 0 radical (unpaired) electrons. The van der Waals surface area contributed by atoms with Gasteiger partial charge in [0.25, 0.3) is 0 Å². The van der Waals surface area contributed by atoms with E-state index in [1.807, 2.05) is 0 Å². The number of carbonyl (C=O) groups excluding carboxylic acids is 1. The third kappa shape index (κ3) is 5.64. The number of hydrogen-bond acceptors (Lipinski definition) is 5. The molecule has 0 aliphatic rings. The second-order valence-electron chi connectivity index (χ2n) is 4.23. The second-order valence-corrected chi connectivity index (χ2v) is 4.23. The second kappa shape index (κ2) is 8.63. The Labute approximate surface area is 117 Å². The number of rotatable bonds is 9. The lowest BCUT2D eigenvalue weighted by atomic mass is 10.1. The van der Waals surface area contributed by atoms with Crippen LogP contribution in [0.25, 0.3) is 0 Å². The van der Waals surface area contributed by atoms with Gasteiger partial charge >= 0.3 is 0 Å². The van der Waals surface area contributed by atoms with Crippen molar-refractivity contribution in [2.45, 2.75) is 13.0 Å². The van der Waals surface area contributed by atoms with Crippen LogP contribution in [0.15, 0.2) is 18.2 Å². The van der Waals surface area contributed by atoms with E-state index in [1.54, 1.807) is 7.11 Å². The molecule has 1 unspecified atom stereocenters. The zero-order valence-electron chi connectivity index (χ0n) is 11.6. The number of carbonyl (C=O) groups is 1. The molecule has 0 saturated heterocycles. The summed E-state index contributed by atoms with van der Waals surface area (Å²) in [5.74, 6) is -0.616. The van der Waals surface area contributed by atoms with Gasteiger partial charge in [-0.2, -0.15) is 0 Å². The highest BCUT2D eigenvalue weighted by Gasteiger charge is 2.12. The highest BCUT2D eigenvalue weighted by atomic mass is 19.1. The number of benzene rings is 1. The van der Waals surface area contributed by atoms with Crippen molar-refractivity contribution in [3.8, 4) is 5.75 Å². The first-order chi connectivity index (χ1) is 9.54. The van der Waals surface area contributed by atoms with Gasteiger partial charge in [0.15, 0.2) is 5.78 Å². The molecular formula is C14H19FO5. The maximum Gasteiger partial charge on any atom is 0.163 e. The summed E-state index contributed by atoms with van der Waals surface area (Å²) in [4.78, 5) is 11.4. The van der Waals surface area contributed by atoms with Gasteiger partial charge in [-0.3, -0.25) is 4.79 Å². The number of hydrogen-bond donors (Lipinski definition) is 1. The summed E-state index contributed by atoms with van der Waals surface area (Å²) in [6.07, 6.45) is -0.866. The van der Waals surface area contributed by atoms with Crippen LogP contribution in [0.1, 0.15) is 17.3 Å². The molecule has 0 spiro atoms. The molecule has 0 bridgehead atoms. The SMILES string of the molecule is COCCOCC(O)COc1cc(F)ccc1C(C)=O. The van der Waals surface area contributed by atoms with Crippen molar-refractivity contribution in [2.75, 3.05) is 33.5 Å². The number of aliphatic hydroxyl groups is 1. The number of ketones is 1. The number of Topliss-reactive ketones (excluding diaryl/α,β-unsaturated/α-hetero) is 1. The van der Waals surface area contributed by atoms with Crippen LogP contribution in [0.4, 0.5) is 4.39 Å². The molecule has 0 heterocycles. The maximum absolute atomic E-state index is 13.1. The molecule has 1 aromatic carbocycles. The average Bonchev–Trinajstić information content (AvgIpc) is 2.41. The molecule has 112 valence electrons. The van der Waals surface area contributed by atoms with Gasteiger partial charge < -0.3 is 19.3 Å². The molecule has 5 nitrogen and oxygen atoms in total. The first kappa shape index (κ1) is 16.6. The molecule has 1 atom stereocenters. The van der Waals surface area contributed by atoms with Crippen molar-refractivity contribution in [3.63, 3.8) is 0 Å². The van der Waals surface area contributed by atoms with Crippen LogP contribution in [0.2, 0.25) is 0 Å². The molecule has 0 aromatic heterocycles. The summed E-state index contributed by atoms with van der Waals surface area (Å²) in [5.41, 5.74) is 0.277. The van der Waals surface area contributed by atoms with Crippen molar-refractivity contribution >= 4 is 5.78 Å². The Balaban J connectivity index is 2.48. The minimum absolute atomic E-state index is 0.0775. The third-order valence-electron chi connectivity index (χ3n) is 2.50. The fourth-order valence-electron chi connectivity index (χ4n) is 1.50. The summed E-state index contributed by atoms with van der Waals surface area (Å²) in [5, 5.41) is 9.64. The van der Waals surface area contributed by atoms with Crippen LogP contribution in [0, 0.1) is 5.82 Å². The first-order valence-corrected chi connectivity index (χ1v) is 6.22. The number of halogens is 1. The van der Waals surface area contributed by atoms with Crippen LogP contribution in [-0.2, 0) is 9.47 Å².